The highest BCUT2D eigenvalue weighted by Gasteiger charge is 2.47. The second-order valence-corrected chi connectivity index (χ2v) is 8.19. The number of hydrogen-bond donors (Lipinski definition) is 2. The van der Waals surface area contributed by atoms with E-state index in [0.717, 1.165) is 53.1 Å². The van der Waals surface area contributed by atoms with Crippen molar-refractivity contribution in [1.29, 1.82) is 0 Å². The third-order valence-electron chi connectivity index (χ3n) is 6.41. The van der Waals surface area contributed by atoms with Gasteiger partial charge in [0.05, 0.1) is 27.8 Å². The first-order chi connectivity index (χ1) is 14.1. The van der Waals surface area contributed by atoms with E-state index in [9.17, 15) is 5.11 Å². The Morgan fingerprint density at radius 3 is 2.69 bits per heavy atom. The van der Waals surface area contributed by atoms with Crippen molar-refractivity contribution in [1.82, 2.24) is 25.1 Å². The van der Waals surface area contributed by atoms with Crippen LogP contribution in [0.25, 0.3) is 33.2 Å². The fourth-order valence-electron chi connectivity index (χ4n) is 4.76. The van der Waals surface area contributed by atoms with Crippen LogP contribution in [0.4, 0.5) is 5.82 Å². The van der Waals surface area contributed by atoms with Gasteiger partial charge < -0.3 is 15.3 Å². The Balaban J connectivity index is 1.39. The van der Waals surface area contributed by atoms with Crippen LogP contribution >= 0.6 is 0 Å². The van der Waals surface area contributed by atoms with Crippen molar-refractivity contribution in [3.63, 3.8) is 0 Å². The van der Waals surface area contributed by atoms with Gasteiger partial charge in [0.2, 0.25) is 0 Å². The molecule has 2 N–H and O–H groups in total. The van der Waals surface area contributed by atoms with Crippen LogP contribution in [0.2, 0.25) is 0 Å². The highest BCUT2D eigenvalue weighted by atomic mass is 16.3. The summed E-state index contributed by atoms with van der Waals surface area (Å²) in [5.41, 5.74) is 4.16. The van der Waals surface area contributed by atoms with Gasteiger partial charge in [0.25, 0.3) is 0 Å². The van der Waals surface area contributed by atoms with Gasteiger partial charge in [0.15, 0.2) is 0 Å². The lowest BCUT2D eigenvalue weighted by molar-refractivity contribution is 0.298. The first kappa shape index (κ1) is 16.7. The topological polar surface area (TPSA) is 79.1 Å². The summed E-state index contributed by atoms with van der Waals surface area (Å²) in [6.07, 6.45) is 4.35. The van der Waals surface area contributed by atoms with Gasteiger partial charge in [0.1, 0.15) is 11.6 Å². The largest absolute Gasteiger partial charge is 0.507 e. The maximum atomic E-state index is 10.5. The minimum atomic E-state index is 0.184. The summed E-state index contributed by atoms with van der Waals surface area (Å²) in [5, 5.41) is 19.3. The van der Waals surface area contributed by atoms with E-state index in [0.29, 0.717) is 5.56 Å². The molecule has 2 saturated heterocycles. The van der Waals surface area contributed by atoms with Crippen molar-refractivity contribution in [2.24, 2.45) is 7.05 Å². The van der Waals surface area contributed by atoms with E-state index in [2.05, 4.69) is 21.4 Å². The Morgan fingerprint density at radius 1 is 1.03 bits per heavy atom. The quantitative estimate of drug-likeness (QED) is 0.552. The number of phenols is 1. The minimum absolute atomic E-state index is 0.184. The molecular formula is C22H22N6O. The third-order valence-corrected chi connectivity index (χ3v) is 6.41. The molecule has 3 aromatic heterocycles. The highest BCUT2D eigenvalue weighted by Crippen LogP contribution is 2.39. The number of benzene rings is 1. The van der Waals surface area contributed by atoms with Gasteiger partial charge in [0, 0.05) is 43.4 Å². The normalized spacial score (nSPS) is 21.3. The molecule has 1 atom stereocenters. The Bertz CT molecular complexity index is 1260. The van der Waals surface area contributed by atoms with Crippen LogP contribution in [0.1, 0.15) is 12.8 Å². The van der Waals surface area contributed by atoms with Crippen molar-refractivity contribution in [2.75, 3.05) is 24.5 Å². The summed E-state index contributed by atoms with van der Waals surface area (Å²) in [6, 6.07) is 11.7. The molecule has 0 amide bonds. The van der Waals surface area contributed by atoms with E-state index in [1.165, 1.54) is 12.8 Å². The summed E-state index contributed by atoms with van der Waals surface area (Å²) in [5.74, 6) is 1.21. The van der Waals surface area contributed by atoms with E-state index < -0.39 is 0 Å². The molecule has 0 aliphatic carbocycles. The zero-order chi connectivity index (χ0) is 19.6. The van der Waals surface area contributed by atoms with Crippen LogP contribution in [0, 0.1) is 0 Å². The van der Waals surface area contributed by atoms with Gasteiger partial charge in [-0.2, -0.15) is 5.10 Å². The third kappa shape index (κ3) is 2.50. The molecule has 2 aliphatic rings. The standard InChI is InChI=1S/C22H22N6O/c1-27-12-14-10-15(20(29)11-19(14)26-27)16-2-3-18-17(24-16)4-5-21(25-18)28-9-7-22(28)6-8-23-13-22/h2-5,10-12,23,29H,6-9,13H2,1H3. The van der Waals surface area contributed by atoms with Crippen molar-refractivity contribution >= 4 is 27.8 Å². The highest BCUT2D eigenvalue weighted by molar-refractivity contribution is 5.88. The van der Waals surface area contributed by atoms with E-state index in [4.69, 9.17) is 9.97 Å². The summed E-state index contributed by atoms with van der Waals surface area (Å²) in [7, 11) is 1.87. The van der Waals surface area contributed by atoms with Gasteiger partial charge >= 0.3 is 0 Å². The Labute approximate surface area is 168 Å². The van der Waals surface area contributed by atoms with Gasteiger partial charge in [-0.15, -0.1) is 0 Å². The zero-order valence-electron chi connectivity index (χ0n) is 16.3. The number of phenolic OH excluding ortho intramolecular Hbond substituents is 1. The lowest BCUT2D eigenvalue weighted by Gasteiger charge is -2.51. The Kier molecular flexibility index (Phi) is 3.41. The number of pyridine rings is 2. The van der Waals surface area contributed by atoms with Gasteiger partial charge in [-0.25, -0.2) is 9.97 Å². The lowest BCUT2D eigenvalue weighted by atomic mass is 9.84. The first-order valence-corrected chi connectivity index (χ1v) is 10.0. The molecule has 29 heavy (non-hydrogen) atoms. The smallest absolute Gasteiger partial charge is 0.129 e. The summed E-state index contributed by atoms with van der Waals surface area (Å²) < 4.78 is 1.75. The molecule has 6 rings (SSSR count). The number of nitrogens with zero attached hydrogens (tertiary/aromatic N) is 5. The molecule has 2 aliphatic heterocycles. The van der Waals surface area contributed by atoms with Crippen molar-refractivity contribution in [3.8, 4) is 17.0 Å². The monoisotopic (exact) mass is 386 g/mol. The molecule has 1 spiro atoms. The van der Waals surface area contributed by atoms with Crippen molar-refractivity contribution in [2.45, 2.75) is 18.4 Å². The SMILES string of the molecule is Cn1cc2cc(-c3ccc4nc(N5CCC56CCNC6)ccc4n3)c(O)cc2n1. The molecule has 4 aromatic rings. The van der Waals surface area contributed by atoms with Crippen molar-refractivity contribution in [3.05, 3.63) is 42.6 Å². The maximum absolute atomic E-state index is 10.5. The molecule has 1 unspecified atom stereocenters. The van der Waals surface area contributed by atoms with Crippen LogP contribution in [0.3, 0.4) is 0 Å². The molecule has 2 fully saturated rings. The number of anilines is 1. The predicted molar refractivity (Wildman–Crippen MR) is 113 cm³/mol. The Morgan fingerprint density at radius 2 is 1.90 bits per heavy atom. The molecule has 0 saturated carbocycles. The fraction of sp³-hybridized carbons (Fsp3) is 0.318. The van der Waals surface area contributed by atoms with Gasteiger partial charge in [-0.05, 0) is 49.7 Å². The lowest BCUT2D eigenvalue weighted by Crippen LogP contribution is -2.61. The summed E-state index contributed by atoms with van der Waals surface area (Å²) >= 11 is 0. The molecule has 7 nitrogen and oxygen atoms in total. The van der Waals surface area contributed by atoms with E-state index in [-0.39, 0.29) is 11.3 Å². The van der Waals surface area contributed by atoms with Crippen LogP contribution in [0.15, 0.2) is 42.6 Å². The zero-order valence-corrected chi connectivity index (χ0v) is 16.3. The number of rotatable bonds is 2. The number of aryl methyl sites for hydroxylation is 1. The molecule has 5 heterocycles. The molecule has 7 heteroatoms. The predicted octanol–water partition coefficient (Wildman–Crippen LogP) is 2.83. The van der Waals surface area contributed by atoms with E-state index in [1.54, 1.807) is 10.7 Å². The number of aromatic hydroxyl groups is 1. The average Bonchev–Trinajstić information content (AvgIpc) is 3.33. The number of nitrogens with one attached hydrogen (secondary N) is 1. The second kappa shape index (κ2) is 5.90. The summed E-state index contributed by atoms with van der Waals surface area (Å²) in [4.78, 5) is 12.1. The van der Waals surface area contributed by atoms with E-state index >= 15 is 0 Å². The van der Waals surface area contributed by atoms with Crippen molar-refractivity contribution < 1.29 is 5.11 Å². The molecular weight excluding hydrogens is 364 g/mol. The van der Waals surface area contributed by atoms with Crippen LogP contribution < -0.4 is 10.2 Å². The van der Waals surface area contributed by atoms with E-state index in [1.807, 2.05) is 37.5 Å². The second-order valence-electron chi connectivity index (χ2n) is 8.19. The Hall–Kier alpha value is -3.19. The van der Waals surface area contributed by atoms with Crippen LogP contribution in [-0.4, -0.2) is 50.0 Å². The molecule has 0 radical (unpaired) electrons. The molecule has 0 bridgehead atoms. The first-order valence-electron chi connectivity index (χ1n) is 10.0. The van der Waals surface area contributed by atoms with Crippen LogP contribution in [-0.2, 0) is 7.05 Å². The molecule has 1 aromatic carbocycles. The maximum Gasteiger partial charge on any atom is 0.129 e. The van der Waals surface area contributed by atoms with Crippen LogP contribution in [0.5, 0.6) is 5.75 Å². The summed E-state index contributed by atoms with van der Waals surface area (Å²) in [6.45, 7) is 3.18. The van der Waals surface area contributed by atoms with Gasteiger partial charge in [-0.3, -0.25) is 4.68 Å². The number of fused-ring (bicyclic) bond motifs is 2. The van der Waals surface area contributed by atoms with Gasteiger partial charge in [-0.1, -0.05) is 0 Å². The number of hydrogen-bond acceptors (Lipinski definition) is 6. The number of aromatic nitrogens is 4. The average molecular weight is 386 g/mol. The molecule has 146 valence electrons. The minimum Gasteiger partial charge on any atom is -0.507 e. The fourth-order valence-corrected chi connectivity index (χ4v) is 4.76.